The summed E-state index contributed by atoms with van der Waals surface area (Å²) in [7, 11) is 0. The molecule has 10 heavy (non-hydrogen) atoms. The van der Waals surface area contributed by atoms with Crippen LogP contribution in [0.3, 0.4) is 0 Å². The Hall–Kier alpha value is -0.690. The number of hydrogen-bond acceptors (Lipinski definition) is 2. The summed E-state index contributed by atoms with van der Waals surface area (Å²) in [5.74, 6) is -0.611. The predicted molar refractivity (Wildman–Crippen MR) is 29.5 cm³/mol. The molecule has 0 spiro atoms. The number of hydrogen-bond donors (Lipinski definition) is 0. The first kappa shape index (κ1) is 7.42. The Balaban J connectivity index is 2.52. The molecule has 0 N–H and O–H groups in total. The predicted octanol–water partition coefficient (Wildman–Crippen LogP) is 1.18. The monoisotopic (exact) mass is 147 g/mol. The van der Waals surface area contributed by atoms with Gasteiger partial charge in [0.25, 0.3) is 6.43 Å². The van der Waals surface area contributed by atoms with Gasteiger partial charge in [0.15, 0.2) is 0 Å². The fourth-order valence-corrected chi connectivity index (χ4v) is 0.998. The normalized spacial score (nSPS) is 32.6. The van der Waals surface area contributed by atoms with Gasteiger partial charge < -0.3 is 4.74 Å². The lowest BCUT2D eigenvalue weighted by Crippen LogP contribution is -2.23. The highest BCUT2D eigenvalue weighted by atomic mass is 19.3. The summed E-state index contributed by atoms with van der Waals surface area (Å²) in [5.41, 5.74) is 0. The molecule has 1 fully saturated rings. The molecule has 1 aliphatic heterocycles. The third kappa shape index (κ3) is 1.24. The number of nitrogens with zero attached hydrogens (tertiary/aromatic N) is 1. The van der Waals surface area contributed by atoms with E-state index in [1.807, 2.05) is 0 Å². The molecule has 0 bridgehead atoms. The Morgan fingerprint density at radius 2 is 2.30 bits per heavy atom. The molecule has 1 rings (SSSR count). The van der Waals surface area contributed by atoms with E-state index in [0.29, 0.717) is 6.42 Å². The molecule has 0 aliphatic carbocycles. The molecule has 2 atom stereocenters. The van der Waals surface area contributed by atoms with Crippen LogP contribution in [-0.2, 0) is 4.74 Å². The largest absolute Gasteiger partial charge is 0.371 e. The van der Waals surface area contributed by atoms with Gasteiger partial charge in [0.1, 0.15) is 6.10 Å². The molecule has 2 nitrogen and oxygen atoms in total. The number of rotatable bonds is 1. The average molecular weight is 147 g/mol. The SMILES string of the molecule is N#C[C@H]1CCO[C@H]1C(F)F. The Bertz CT molecular complexity index is 154. The van der Waals surface area contributed by atoms with Crippen molar-refractivity contribution in [2.24, 2.45) is 5.92 Å². The minimum Gasteiger partial charge on any atom is -0.371 e. The summed E-state index contributed by atoms with van der Waals surface area (Å²) in [4.78, 5) is 0. The zero-order valence-corrected chi connectivity index (χ0v) is 5.26. The molecule has 56 valence electrons. The molecule has 1 saturated heterocycles. The standard InChI is InChI=1S/C6H7F2NO/c7-6(8)5-4(3-9)1-2-10-5/h4-6H,1-2H2/t4-,5-/m1/s1. The van der Waals surface area contributed by atoms with Crippen LogP contribution in [0.5, 0.6) is 0 Å². The molecule has 0 aromatic carbocycles. The highest BCUT2D eigenvalue weighted by Crippen LogP contribution is 2.24. The molecule has 0 unspecified atom stereocenters. The van der Waals surface area contributed by atoms with Crippen LogP contribution in [-0.4, -0.2) is 19.1 Å². The topological polar surface area (TPSA) is 33.0 Å². The Morgan fingerprint density at radius 1 is 1.60 bits per heavy atom. The van der Waals surface area contributed by atoms with Gasteiger partial charge in [0, 0.05) is 6.61 Å². The van der Waals surface area contributed by atoms with Crippen LogP contribution in [0.1, 0.15) is 6.42 Å². The van der Waals surface area contributed by atoms with E-state index >= 15 is 0 Å². The highest BCUT2D eigenvalue weighted by Gasteiger charge is 2.35. The number of alkyl halides is 2. The second-order valence-corrected chi connectivity index (χ2v) is 2.19. The summed E-state index contributed by atoms with van der Waals surface area (Å²) in [5, 5.41) is 8.32. The number of nitriles is 1. The maximum atomic E-state index is 11.9. The Labute approximate surface area is 57.4 Å². The molecule has 4 heteroatoms. The van der Waals surface area contributed by atoms with E-state index in [1.54, 1.807) is 6.07 Å². The van der Waals surface area contributed by atoms with Crippen molar-refractivity contribution in [3.8, 4) is 6.07 Å². The fourth-order valence-electron chi connectivity index (χ4n) is 0.998. The zero-order valence-electron chi connectivity index (χ0n) is 5.26. The second kappa shape index (κ2) is 2.93. The van der Waals surface area contributed by atoms with Crippen molar-refractivity contribution in [3.63, 3.8) is 0 Å². The van der Waals surface area contributed by atoms with Crippen molar-refractivity contribution in [1.29, 1.82) is 5.26 Å². The van der Waals surface area contributed by atoms with Crippen LogP contribution in [0.25, 0.3) is 0 Å². The van der Waals surface area contributed by atoms with E-state index in [9.17, 15) is 8.78 Å². The molecule has 0 radical (unpaired) electrons. The lowest BCUT2D eigenvalue weighted by Gasteiger charge is -2.09. The van der Waals surface area contributed by atoms with Crippen molar-refractivity contribution in [2.45, 2.75) is 19.0 Å². The van der Waals surface area contributed by atoms with E-state index in [4.69, 9.17) is 5.26 Å². The molecular formula is C6H7F2NO. The maximum Gasteiger partial charge on any atom is 0.265 e. The smallest absolute Gasteiger partial charge is 0.265 e. The Morgan fingerprint density at radius 3 is 2.70 bits per heavy atom. The van der Waals surface area contributed by atoms with E-state index < -0.39 is 18.4 Å². The van der Waals surface area contributed by atoms with Gasteiger partial charge in [-0.3, -0.25) is 0 Å². The van der Waals surface area contributed by atoms with Crippen LogP contribution in [0.2, 0.25) is 0 Å². The average Bonchev–Trinajstić information content (AvgIpc) is 2.33. The molecule has 0 amide bonds. The lowest BCUT2D eigenvalue weighted by molar-refractivity contribution is -0.0317. The number of ether oxygens (including phenoxy) is 1. The van der Waals surface area contributed by atoms with Crippen molar-refractivity contribution in [3.05, 3.63) is 0 Å². The van der Waals surface area contributed by atoms with E-state index in [1.165, 1.54) is 0 Å². The fraction of sp³-hybridized carbons (Fsp3) is 0.833. The molecule has 0 aromatic rings. The van der Waals surface area contributed by atoms with Gasteiger partial charge in [-0.1, -0.05) is 0 Å². The lowest BCUT2D eigenvalue weighted by atomic mass is 10.0. The summed E-state index contributed by atoms with van der Waals surface area (Å²) in [6.45, 7) is 0.285. The third-order valence-corrected chi connectivity index (χ3v) is 1.55. The van der Waals surface area contributed by atoms with Crippen molar-refractivity contribution in [1.82, 2.24) is 0 Å². The quantitative estimate of drug-likeness (QED) is 0.558. The molecule has 1 aliphatic rings. The van der Waals surface area contributed by atoms with Gasteiger partial charge >= 0.3 is 0 Å². The van der Waals surface area contributed by atoms with E-state index in [0.717, 1.165) is 0 Å². The van der Waals surface area contributed by atoms with Gasteiger partial charge in [-0.25, -0.2) is 8.78 Å². The molecular weight excluding hydrogens is 140 g/mol. The molecule has 0 saturated carbocycles. The van der Waals surface area contributed by atoms with Gasteiger partial charge in [-0.15, -0.1) is 0 Å². The zero-order chi connectivity index (χ0) is 7.56. The number of halogens is 2. The summed E-state index contributed by atoms with van der Waals surface area (Å²) < 4.78 is 28.4. The van der Waals surface area contributed by atoms with Gasteiger partial charge in [-0.05, 0) is 6.42 Å². The van der Waals surface area contributed by atoms with Crippen molar-refractivity contribution in [2.75, 3.05) is 6.61 Å². The summed E-state index contributed by atoms with van der Waals surface area (Å²) >= 11 is 0. The van der Waals surface area contributed by atoms with Crippen molar-refractivity contribution < 1.29 is 13.5 Å². The first-order valence-electron chi connectivity index (χ1n) is 3.05. The highest BCUT2D eigenvalue weighted by molar-refractivity contribution is 4.93. The third-order valence-electron chi connectivity index (χ3n) is 1.55. The molecule has 1 heterocycles. The van der Waals surface area contributed by atoms with E-state index in [-0.39, 0.29) is 6.61 Å². The van der Waals surface area contributed by atoms with Gasteiger partial charge in [-0.2, -0.15) is 5.26 Å². The summed E-state index contributed by atoms with van der Waals surface area (Å²) in [6, 6.07) is 1.79. The van der Waals surface area contributed by atoms with Crippen LogP contribution in [0.15, 0.2) is 0 Å². The van der Waals surface area contributed by atoms with Crippen molar-refractivity contribution >= 4 is 0 Å². The first-order chi connectivity index (χ1) is 4.75. The van der Waals surface area contributed by atoms with Crippen LogP contribution in [0, 0.1) is 17.2 Å². The van der Waals surface area contributed by atoms with Crippen LogP contribution < -0.4 is 0 Å². The minimum absolute atomic E-state index is 0.285. The Kier molecular flexibility index (Phi) is 2.17. The second-order valence-electron chi connectivity index (χ2n) is 2.19. The van der Waals surface area contributed by atoms with Crippen LogP contribution in [0.4, 0.5) is 8.78 Å². The van der Waals surface area contributed by atoms with Gasteiger partial charge in [0.05, 0.1) is 12.0 Å². The van der Waals surface area contributed by atoms with Crippen LogP contribution >= 0.6 is 0 Å². The van der Waals surface area contributed by atoms with E-state index in [2.05, 4.69) is 4.74 Å². The maximum absolute atomic E-state index is 11.9. The first-order valence-corrected chi connectivity index (χ1v) is 3.05. The minimum atomic E-state index is -2.52. The van der Waals surface area contributed by atoms with Gasteiger partial charge in [0.2, 0.25) is 0 Å². The molecule has 0 aromatic heterocycles. The summed E-state index contributed by atoms with van der Waals surface area (Å²) in [6.07, 6.45) is -3.23.